The molecule has 1 heterocycles. The maximum Gasteiger partial charge on any atom is 0.433 e. The smallest absolute Gasteiger partial charge is 0.383 e. The van der Waals surface area contributed by atoms with Crippen LogP contribution < -0.4 is 16.3 Å². The first-order valence-electron chi connectivity index (χ1n) is 17.5. The zero-order valence-corrected chi connectivity index (χ0v) is 31.2. The van der Waals surface area contributed by atoms with Crippen molar-refractivity contribution in [1.29, 1.82) is 5.41 Å². The fraction of sp³-hybridized carbons (Fsp3) is 0.500. The number of hydrogen-bond donors (Lipinski definition) is 2. The van der Waals surface area contributed by atoms with Crippen molar-refractivity contribution in [2.75, 3.05) is 0 Å². The fourth-order valence-corrected chi connectivity index (χ4v) is 7.28. The number of nitrogens with one attached hydrogen (secondary N) is 1. The van der Waals surface area contributed by atoms with E-state index in [1.807, 2.05) is 13.8 Å². The van der Waals surface area contributed by atoms with Gasteiger partial charge in [-0.05, 0) is 93.4 Å². The summed E-state index contributed by atoms with van der Waals surface area (Å²) >= 11 is 0. The molecular weight excluding hydrogens is 617 g/mol. The van der Waals surface area contributed by atoms with Crippen LogP contribution in [0.5, 0.6) is 0 Å². The predicted octanol–water partition coefficient (Wildman–Crippen LogP) is 9.92. The quantitative estimate of drug-likeness (QED) is 0.0901. The molecule has 0 radical (unpaired) electrons. The molecule has 1 aromatic rings. The molecule has 0 bridgehead atoms. The molecule has 0 aromatic carbocycles. The van der Waals surface area contributed by atoms with Crippen LogP contribution >= 0.6 is 0 Å². The van der Waals surface area contributed by atoms with Crippen LogP contribution in [0.25, 0.3) is 11.1 Å². The minimum Gasteiger partial charge on any atom is -0.383 e. The number of aliphatic imine (C=N–C) groups is 1. The Morgan fingerprint density at radius 3 is 2.31 bits per heavy atom. The molecule has 0 amide bonds. The molecule has 4 nitrogen and oxygen atoms in total. The summed E-state index contributed by atoms with van der Waals surface area (Å²) in [5.74, 6) is 6.27. The summed E-state index contributed by atoms with van der Waals surface area (Å²) in [6.07, 6.45) is 11.9. The highest BCUT2D eigenvalue weighted by Gasteiger charge is 2.46. The molecule has 49 heavy (non-hydrogen) atoms. The Bertz CT molecular complexity index is 1810. The molecule has 0 aliphatic heterocycles. The number of aromatic nitrogens is 1. The zero-order chi connectivity index (χ0) is 36.7. The second-order valence-electron chi connectivity index (χ2n) is 14.4. The van der Waals surface area contributed by atoms with Gasteiger partial charge in [-0.3, -0.25) is 5.41 Å². The summed E-state index contributed by atoms with van der Waals surface area (Å²) in [7, 11) is 0. The fourth-order valence-electron chi connectivity index (χ4n) is 7.28. The average molecular weight is 673 g/mol. The SMILES string of the molecule is C/C=C\C(=C/C)C(=N)/N=C(N)/C(C)=c1\nc(C(F)(F)F)cc\c1=C(\C)C1C=C2C(=C/C1=C(/CC)CCCC#CCCC)C(C)(C)CC2(C)C. The van der Waals surface area contributed by atoms with E-state index in [1.165, 1.54) is 28.4 Å². The predicted molar refractivity (Wildman–Crippen MR) is 200 cm³/mol. The Balaban J connectivity index is 2.39. The van der Waals surface area contributed by atoms with Crippen LogP contribution in [0.4, 0.5) is 13.2 Å². The maximum absolute atomic E-state index is 14.1. The first-order chi connectivity index (χ1) is 22.9. The number of allylic oxidation sites excluding steroid dienone is 8. The molecule has 1 aromatic heterocycles. The van der Waals surface area contributed by atoms with Crippen molar-refractivity contribution >= 4 is 22.8 Å². The highest BCUT2D eigenvalue weighted by Crippen LogP contribution is 2.59. The van der Waals surface area contributed by atoms with Gasteiger partial charge in [0, 0.05) is 35.1 Å². The number of halogens is 3. The summed E-state index contributed by atoms with van der Waals surface area (Å²) in [6.45, 7) is 20.7. The van der Waals surface area contributed by atoms with Crippen molar-refractivity contribution in [3.63, 3.8) is 0 Å². The Morgan fingerprint density at radius 2 is 1.71 bits per heavy atom. The maximum atomic E-state index is 14.1. The highest BCUT2D eigenvalue weighted by atomic mass is 19.4. The van der Waals surface area contributed by atoms with Gasteiger partial charge >= 0.3 is 6.18 Å². The number of nitrogens with zero attached hydrogens (tertiary/aromatic N) is 2. The van der Waals surface area contributed by atoms with Gasteiger partial charge in [-0.2, -0.15) is 13.2 Å². The summed E-state index contributed by atoms with van der Waals surface area (Å²) in [4.78, 5) is 8.46. The van der Waals surface area contributed by atoms with Gasteiger partial charge in [-0.25, -0.2) is 9.98 Å². The molecule has 7 heteroatoms. The van der Waals surface area contributed by atoms with Crippen LogP contribution in [0, 0.1) is 34.0 Å². The molecule has 1 unspecified atom stereocenters. The van der Waals surface area contributed by atoms with Gasteiger partial charge in [0.2, 0.25) is 0 Å². The van der Waals surface area contributed by atoms with E-state index in [1.54, 1.807) is 32.1 Å². The Hall–Kier alpha value is -3.92. The van der Waals surface area contributed by atoms with E-state index in [0.717, 1.165) is 56.6 Å². The molecule has 1 fully saturated rings. The molecule has 1 atom stereocenters. The zero-order valence-electron chi connectivity index (χ0n) is 31.2. The molecule has 2 aliphatic carbocycles. The lowest BCUT2D eigenvalue weighted by Gasteiger charge is -2.31. The Kier molecular flexibility index (Phi) is 13.1. The van der Waals surface area contributed by atoms with Crippen LogP contribution in [0.15, 0.2) is 75.4 Å². The van der Waals surface area contributed by atoms with Gasteiger partial charge in [-0.15, -0.1) is 11.8 Å². The normalized spacial score (nSPS) is 21.4. The third-order valence-corrected chi connectivity index (χ3v) is 9.70. The lowest BCUT2D eigenvalue weighted by Crippen LogP contribution is -2.38. The third-order valence-electron chi connectivity index (χ3n) is 9.70. The lowest BCUT2D eigenvalue weighted by atomic mass is 9.74. The molecule has 1 saturated carbocycles. The van der Waals surface area contributed by atoms with E-state index in [2.05, 4.69) is 75.5 Å². The molecular formula is C42H55F3N4. The van der Waals surface area contributed by atoms with Gasteiger partial charge in [0.05, 0.1) is 5.35 Å². The van der Waals surface area contributed by atoms with Gasteiger partial charge in [0.1, 0.15) is 11.5 Å². The first-order valence-corrected chi connectivity index (χ1v) is 17.5. The van der Waals surface area contributed by atoms with E-state index in [4.69, 9.17) is 11.1 Å². The molecule has 264 valence electrons. The van der Waals surface area contributed by atoms with Crippen LogP contribution in [0.2, 0.25) is 0 Å². The van der Waals surface area contributed by atoms with Gasteiger partial charge < -0.3 is 5.73 Å². The van der Waals surface area contributed by atoms with E-state index < -0.39 is 11.9 Å². The summed E-state index contributed by atoms with van der Waals surface area (Å²) in [5, 5.41) is 9.18. The Morgan fingerprint density at radius 1 is 1.06 bits per heavy atom. The van der Waals surface area contributed by atoms with E-state index in [9.17, 15) is 13.2 Å². The van der Waals surface area contributed by atoms with Crippen LogP contribution in [-0.4, -0.2) is 16.7 Å². The summed E-state index contributed by atoms with van der Waals surface area (Å²) < 4.78 is 42.2. The lowest BCUT2D eigenvalue weighted by molar-refractivity contribution is -0.141. The molecule has 3 N–H and O–H groups in total. The van der Waals surface area contributed by atoms with Crippen molar-refractivity contribution in [1.82, 2.24) is 4.98 Å². The number of alkyl halides is 3. The van der Waals surface area contributed by atoms with Gasteiger partial charge in [-0.1, -0.05) is 89.1 Å². The van der Waals surface area contributed by atoms with Crippen molar-refractivity contribution < 1.29 is 13.2 Å². The van der Waals surface area contributed by atoms with Gasteiger partial charge in [0.25, 0.3) is 0 Å². The van der Waals surface area contributed by atoms with Crippen LogP contribution in [0.3, 0.4) is 0 Å². The third kappa shape index (κ3) is 9.21. The van der Waals surface area contributed by atoms with Crippen molar-refractivity contribution in [3.05, 3.63) is 86.6 Å². The number of hydrogen-bond acceptors (Lipinski definition) is 2. The van der Waals surface area contributed by atoms with Crippen LogP contribution in [0.1, 0.15) is 120 Å². The molecule has 0 spiro atoms. The second kappa shape index (κ2) is 16.2. The minimum absolute atomic E-state index is 0.0104. The van der Waals surface area contributed by atoms with Crippen molar-refractivity contribution in [2.24, 2.45) is 27.5 Å². The highest BCUT2D eigenvalue weighted by molar-refractivity contribution is 6.20. The first kappa shape index (κ1) is 39.5. The van der Waals surface area contributed by atoms with E-state index in [-0.39, 0.29) is 39.3 Å². The van der Waals surface area contributed by atoms with Crippen molar-refractivity contribution in [3.8, 4) is 11.8 Å². The molecule has 2 aliphatic rings. The average Bonchev–Trinajstić information content (AvgIpc) is 3.23. The molecule has 3 rings (SSSR count). The summed E-state index contributed by atoms with van der Waals surface area (Å²) in [6, 6.07) is 2.57. The molecule has 0 saturated heterocycles. The monoisotopic (exact) mass is 672 g/mol. The number of amidine groups is 2. The topological polar surface area (TPSA) is 75.1 Å². The number of nitrogens with two attached hydrogens (primary N) is 1. The van der Waals surface area contributed by atoms with Crippen molar-refractivity contribution in [2.45, 2.75) is 120 Å². The Labute approximate surface area is 292 Å². The number of pyridine rings is 1. The number of unbranched alkanes of at least 4 members (excludes halogenated alkanes) is 2. The minimum atomic E-state index is -4.64. The number of fused-ring (bicyclic) bond motifs is 1. The second-order valence-corrected chi connectivity index (χ2v) is 14.4. The largest absolute Gasteiger partial charge is 0.433 e. The van der Waals surface area contributed by atoms with E-state index in [0.29, 0.717) is 10.8 Å². The van der Waals surface area contributed by atoms with E-state index >= 15 is 0 Å². The van der Waals surface area contributed by atoms with Crippen LogP contribution in [-0.2, 0) is 6.18 Å². The van der Waals surface area contributed by atoms with Gasteiger partial charge in [0.15, 0.2) is 5.84 Å². The standard InChI is InChI=1S/C42H55F3N4/c1-11-15-16-17-18-19-21-29(13-3)33-25-35-34(40(7,8)26-41(35,9)10)24-32(33)27(5)31-22-23-36(42(43,44)45)48-37(31)28(6)38(46)49-39(47)30(14-4)20-12-2/h12,14,20,22-25,32H,11,13,15,18-19,21,26H2,1-10H3,(H3,46,47,49)/b20-12-,30-14+,31-27+,33-29+,37-28-. The summed E-state index contributed by atoms with van der Waals surface area (Å²) in [5.41, 5.74) is 12.3. The number of rotatable bonds is 9.